The number of amides is 1. The fourth-order valence-corrected chi connectivity index (χ4v) is 2.76. The molecule has 0 spiro atoms. The van der Waals surface area contributed by atoms with Gasteiger partial charge in [0.2, 0.25) is 5.91 Å². The van der Waals surface area contributed by atoms with Gasteiger partial charge < -0.3 is 14.4 Å². The van der Waals surface area contributed by atoms with Gasteiger partial charge in [0.1, 0.15) is 13.2 Å². The Morgan fingerprint density at radius 3 is 2.83 bits per heavy atom. The number of carbonyl (C=O) groups is 1. The topological polar surface area (TPSA) is 38.8 Å². The fraction of sp³-hybridized carbons (Fsp3) is 0.500. The van der Waals surface area contributed by atoms with Gasteiger partial charge in [-0.25, -0.2) is 0 Å². The highest BCUT2D eigenvalue weighted by Crippen LogP contribution is 2.37. The largest absolute Gasteiger partial charge is 0.486 e. The van der Waals surface area contributed by atoms with E-state index in [1.54, 1.807) is 6.92 Å². The van der Waals surface area contributed by atoms with Crippen LogP contribution in [0, 0.1) is 0 Å². The lowest BCUT2D eigenvalue weighted by atomic mass is 10.0. The van der Waals surface area contributed by atoms with Crippen LogP contribution in [-0.4, -0.2) is 30.6 Å². The average Bonchev–Trinajstić information content (AvgIpc) is 2.87. The van der Waals surface area contributed by atoms with Crippen molar-refractivity contribution in [1.82, 2.24) is 4.90 Å². The summed E-state index contributed by atoms with van der Waals surface area (Å²) in [4.78, 5) is 13.5. The van der Waals surface area contributed by atoms with Crippen LogP contribution in [0.3, 0.4) is 0 Å². The summed E-state index contributed by atoms with van der Waals surface area (Å²) >= 11 is 0. The van der Waals surface area contributed by atoms with Crippen LogP contribution in [0.15, 0.2) is 18.2 Å². The van der Waals surface area contributed by atoms with Gasteiger partial charge in [-0.2, -0.15) is 0 Å². The maximum Gasteiger partial charge on any atom is 0.219 e. The summed E-state index contributed by atoms with van der Waals surface area (Å²) in [6.45, 7) is 3.69. The molecule has 0 saturated carbocycles. The third-order valence-corrected chi connectivity index (χ3v) is 3.61. The predicted molar refractivity (Wildman–Crippen MR) is 66.8 cm³/mol. The predicted octanol–water partition coefficient (Wildman–Crippen LogP) is 2.14. The molecule has 1 amide bonds. The van der Waals surface area contributed by atoms with Crippen molar-refractivity contribution in [2.45, 2.75) is 25.8 Å². The fourth-order valence-electron chi connectivity index (χ4n) is 2.76. The number of likely N-dealkylation sites (tertiary alicyclic amines) is 1. The van der Waals surface area contributed by atoms with E-state index < -0.39 is 0 Å². The maximum absolute atomic E-state index is 11.6. The molecule has 96 valence electrons. The molecule has 1 aromatic rings. The van der Waals surface area contributed by atoms with Crippen molar-refractivity contribution in [3.63, 3.8) is 0 Å². The van der Waals surface area contributed by atoms with E-state index in [9.17, 15) is 4.79 Å². The second kappa shape index (κ2) is 4.52. The van der Waals surface area contributed by atoms with Gasteiger partial charge in [-0.05, 0) is 30.5 Å². The number of benzene rings is 1. The lowest BCUT2D eigenvalue weighted by Crippen LogP contribution is -2.28. The Balaban J connectivity index is 1.90. The first kappa shape index (κ1) is 11.4. The zero-order valence-electron chi connectivity index (χ0n) is 10.5. The first-order valence-electron chi connectivity index (χ1n) is 6.42. The van der Waals surface area contributed by atoms with E-state index in [-0.39, 0.29) is 11.9 Å². The molecular formula is C14H17NO3. The molecule has 1 fully saturated rings. The maximum atomic E-state index is 11.6. The number of nitrogens with zero attached hydrogens (tertiary/aromatic N) is 1. The summed E-state index contributed by atoms with van der Waals surface area (Å²) in [7, 11) is 0. The monoisotopic (exact) mass is 247 g/mol. The molecule has 1 atom stereocenters. The molecule has 0 bridgehead atoms. The molecule has 2 heterocycles. The Labute approximate surface area is 106 Å². The molecule has 0 radical (unpaired) electrons. The Hall–Kier alpha value is -1.71. The highest BCUT2D eigenvalue weighted by molar-refractivity contribution is 5.74. The van der Waals surface area contributed by atoms with Gasteiger partial charge in [-0.15, -0.1) is 0 Å². The van der Waals surface area contributed by atoms with Gasteiger partial charge in [0.25, 0.3) is 0 Å². The van der Waals surface area contributed by atoms with Crippen LogP contribution in [-0.2, 0) is 4.79 Å². The summed E-state index contributed by atoms with van der Waals surface area (Å²) in [5, 5.41) is 0. The Kier molecular flexibility index (Phi) is 2.86. The van der Waals surface area contributed by atoms with E-state index in [0.29, 0.717) is 13.2 Å². The summed E-state index contributed by atoms with van der Waals surface area (Å²) in [5.41, 5.74) is 1.15. The van der Waals surface area contributed by atoms with Crippen molar-refractivity contribution in [2.24, 2.45) is 0 Å². The van der Waals surface area contributed by atoms with Crippen LogP contribution in [0.5, 0.6) is 11.5 Å². The average molecular weight is 247 g/mol. The Bertz CT molecular complexity index is 472. The second-order valence-electron chi connectivity index (χ2n) is 4.77. The van der Waals surface area contributed by atoms with Gasteiger partial charge in [-0.1, -0.05) is 6.07 Å². The van der Waals surface area contributed by atoms with Gasteiger partial charge in [0.15, 0.2) is 11.5 Å². The first-order valence-corrected chi connectivity index (χ1v) is 6.42. The van der Waals surface area contributed by atoms with Crippen LogP contribution in [0.1, 0.15) is 31.4 Å². The van der Waals surface area contributed by atoms with E-state index in [0.717, 1.165) is 36.4 Å². The SMILES string of the molecule is CC(=O)N1CCCC1c1ccc2c(c1)OCCO2. The molecule has 3 rings (SSSR count). The summed E-state index contributed by atoms with van der Waals surface area (Å²) < 4.78 is 11.1. The van der Waals surface area contributed by atoms with Crippen molar-refractivity contribution in [2.75, 3.05) is 19.8 Å². The van der Waals surface area contributed by atoms with Gasteiger partial charge in [0, 0.05) is 13.5 Å². The number of fused-ring (bicyclic) bond motifs is 1. The molecular weight excluding hydrogens is 230 g/mol. The van der Waals surface area contributed by atoms with Crippen molar-refractivity contribution in [1.29, 1.82) is 0 Å². The third kappa shape index (κ3) is 1.92. The summed E-state index contributed by atoms with van der Waals surface area (Å²) in [6, 6.07) is 6.19. The smallest absolute Gasteiger partial charge is 0.219 e. The van der Waals surface area contributed by atoms with Crippen molar-refractivity contribution < 1.29 is 14.3 Å². The highest BCUT2D eigenvalue weighted by Gasteiger charge is 2.28. The Morgan fingerprint density at radius 2 is 2.06 bits per heavy atom. The second-order valence-corrected chi connectivity index (χ2v) is 4.77. The van der Waals surface area contributed by atoms with E-state index >= 15 is 0 Å². The van der Waals surface area contributed by atoms with Crippen molar-refractivity contribution in [3.05, 3.63) is 23.8 Å². The van der Waals surface area contributed by atoms with E-state index in [1.165, 1.54) is 0 Å². The number of hydrogen-bond donors (Lipinski definition) is 0. The molecule has 18 heavy (non-hydrogen) atoms. The van der Waals surface area contributed by atoms with Crippen LogP contribution >= 0.6 is 0 Å². The molecule has 0 aliphatic carbocycles. The van der Waals surface area contributed by atoms with Gasteiger partial charge in [0.05, 0.1) is 6.04 Å². The van der Waals surface area contributed by atoms with Crippen LogP contribution in [0.4, 0.5) is 0 Å². The molecule has 0 aromatic heterocycles. The molecule has 1 aromatic carbocycles. The van der Waals surface area contributed by atoms with E-state index in [1.807, 2.05) is 23.1 Å². The standard InChI is InChI=1S/C14H17NO3/c1-10(16)15-6-2-3-12(15)11-4-5-13-14(9-11)18-8-7-17-13/h4-5,9,12H,2-3,6-8H2,1H3. The lowest BCUT2D eigenvalue weighted by molar-refractivity contribution is -0.129. The van der Waals surface area contributed by atoms with Crippen LogP contribution in [0.25, 0.3) is 0 Å². The van der Waals surface area contributed by atoms with Crippen molar-refractivity contribution in [3.8, 4) is 11.5 Å². The van der Waals surface area contributed by atoms with E-state index in [2.05, 4.69) is 0 Å². The zero-order chi connectivity index (χ0) is 12.5. The normalized spacial score (nSPS) is 22.1. The summed E-state index contributed by atoms with van der Waals surface area (Å²) in [5.74, 6) is 1.75. The molecule has 4 heteroatoms. The minimum absolute atomic E-state index is 0.146. The van der Waals surface area contributed by atoms with E-state index in [4.69, 9.17) is 9.47 Å². The molecule has 1 unspecified atom stereocenters. The minimum atomic E-state index is 0.146. The quantitative estimate of drug-likeness (QED) is 0.763. The molecule has 1 saturated heterocycles. The number of rotatable bonds is 1. The molecule has 0 N–H and O–H groups in total. The molecule has 2 aliphatic rings. The molecule has 2 aliphatic heterocycles. The van der Waals surface area contributed by atoms with Crippen LogP contribution in [0.2, 0.25) is 0 Å². The summed E-state index contributed by atoms with van der Waals surface area (Å²) in [6.07, 6.45) is 2.10. The zero-order valence-corrected chi connectivity index (χ0v) is 10.5. The lowest BCUT2D eigenvalue weighted by Gasteiger charge is -2.25. The number of ether oxygens (including phenoxy) is 2. The highest BCUT2D eigenvalue weighted by atomic mass is 16.6. The third-order valence-electron chi connectivity index (χ3n) is 3.61. The number of hydrogen-bond acceptors (Lipinski definition) is 3. The molecule has 4 nitrogen and oxygen atoms in total. The van der Waals surface area contributed by atoms with Crippen molar-refractivity contribution >= 4 is 5.91 Å². The van der Waals surface area contributed by atoms with Gasteiger partial charge >= 0.3 is 0 Å². The first-order chi connectivity index (χ1) is 8.75. The Morgan fingerprint density at radius 1 is 1.28 bits per heavy atom. The number of carbonyl (C=O) groups excluding carboxylic acids is 1. The van der Waals surface area contributed by atoms with Crippen LogP contribution < -0.4 is 9.47 Å². The minimum Gasteiger partial charge on any atom is -0.486 e. The van der Waals surface area contributed by atoms with Gasteiger partial charge in [-0.3, -0.25) is 4.79 Å².